The maximum atomic E-state index is 12.3. The van der Waals surface area contributed by atoms with Gasteiger partial charge < -0.3 is 5.32 Å². The first-order chi connectivity index (χ1) is 12.5. The number of hydrogen-bond donors (Lipinski definition) is 1. The van der Waals surface area contributed by atoms with Gasteiger partial charge in [0.25, 0.3) is 5.56 Å². The zero-order valence-electron chi connectivity index (χ0n) is 14.8. The van der Waals surface area contributed by atoms with Crippen LogP contribution in [0, 0.1) is 0 Å². The van der Waals surface area contributed by atoms with Crippen LogP contribution in [-0.2, 0) is 17.8 Å². The van der Waals surface area contributed by atoms with Gasteiger partial charge in [0.05, 0.1) is 18.1 Å². The van der Waals surface area contributed by atoms with Gasteiger partial charge in [-0.15, -0.1) is 23.1 Å². The molecule has 0 spiro atoms. The number of nitrogens with one attached hydrogen (secondary N) is 1. The van der Waals surface area contributed by atoms with Crippen molar-refractivity contribution in [1.82, 2.24) is 14.9 Å². The van der Waals surface area contributed by atoms with Gasteiger partial charge in [-0.25, -0.2) is 4.98 Å². The summed E-state index contributed by atoms with van der Waals surface area (Å²) in [7, 11) is 0. The SMILES string of the molecule is CC(C)Sc1ccc(CC(=O)NCCn2cnc3sccc3c2=O)cc1. The number of aromatic nitrogens is 2. The number of amides is 1. The molecule has 3 aromatic rings. The van der Waals surface area contributed by atoms with Gasteiger partial charge in [-0.3, -0.25) is 14.2 Å². The van der Waals surface area contributed by atoms with Crippen LogP contribution in [0.1, 0.15) is 19.4 Å². The van der Waals surface area contributed by atoms with Crippen molar-refractivity contribution in [3.05, 3.63) is 58.0 Å². The van der Waals surface area contributed by atoms with Gasteiger partial charge in [-0.1, -0.05) is 26.0 Å². The molecule has 0 aliphatic rings. The molecule has 0 saturated carbocycles. The highest BCUT2D eigenvalue weighted by Crippen LogP contribution is 2.22. The van der Waals surface area contributed by atoms with Crippen molar-refractivity contribution in [1.29, 1.82) is 0 Å². The molecule has 136 valence electrons. The summed E-state index contributed by atoms with van der Waals surface area (Å²) in [6.07, 6.45) is 1.88. The Balaban J connectivity index is 1.50. The Labute approximate surface area is 160 Å². The molecule has 0 saturated heterocycles. The maximum Gasteiger partial charge on any atom is 0.262 e. The lowest BCUT2D eigenvalue weighted by molar-refractivity contribution is -0.120. The first-order valence-electron chi connectivity index (χ1n) is 8.48. The van der Waals surface area contributed by atoms with Crippen molar-refractivity contribution in [2.24, 2.45) is 0 Å². The fraction of sp³-hybridized carbons (Fsp3) is 0.316. The molecule has 0 aliphatic heterocycles. The fourth-order valence-electron chi connectivity index (χ4n) is 2.57. The average molecular weight is 388 g/mol. The molecule has 3 rings (SSSR count). The van der Waals surface area contributed by atoms with Gasteiger partial charge in [-0.05, 0) is 29.1 Å². The van der Waals surface area contributed by atoms with Crippen molar-refractivity contribution in [3.8, 4) is 0 Å². The predicted molar refractivity (Wildman–Crippen MR) is 108 cm³/mol. The number of carbonyl (C=O) groups excluding carboxylic acids is 1. The van der Waals surface area contributed by atoms with Crippen molar-refractivity contribution >= 4 is 39.2 Å². The number of thiophene rings is 1. The lowest BCUT2D eigenvalue weighted by Crippen LogP contribution is -2.31. The Bertz CT molecular complexity index is 945. The van der Waals surface area contributed by atoms with Crippen LogP contribution in [0.3, 0.4) is 0 Å². The van der Waals surface area contributed by atoms with E-state index in [0.717, 1.165) is 10.4 Å². The van der Waals surface area contributed by atoms with Crippen molar-refractivity contribution in [3.63, 3.8) is 0 Å². The van der Waals surface area contributed by atoms with E-state index >= 15 is 0 Å². The summed E-state index contributed by atoms with van der Waals surface area (Å²) in [5.41, 5.74) is 0.915. The minimum absolute atomic E-state index is 0.0492. The van der Waals surface area contributed by atoms with E-state index in [0.29, 0.717) is 30.1 Å². The lowest BCUT2D eigenvalue weighted by Gasteiger charge is -2.08. The van der Waals surface area contributed by atoms with E-state index in [4.69, 9.17) is 0 Å². The second kappa shape index (κ2) is 8.51. The van der Waals surface area contributed by atoms with E-state index in [1.807, 2.05) is 17.5 Å². The summed E-state index contributed by atoms with van der Waals surface area (Å²) in [4.78, 5) is 30.6. The van der Waals surface area contributed by atoms with E-state index in [9.17, 15) is 9.59 Å². The number of benzene rings is 1. The molecule has 26 heavy (non-hydrogen) atoms. The highest BCUT2D eigenvalue weighted by Gasteiger charge is 2.07. The smallest absolute Gasteiger partial charge is 0.262 e. The number of carbonyl (C=O) groups is 1. The minimum Gasteiger partial charge on any atom is -0.354 e. The number of hydrogen-bond acceptors (Lipinski definition) is 5. The second-order valence-corrected chi connectivity index (χ2v) is 8.76. The van der Waals surface area contributed by atoms with Gasteiger partial charge in [0.15, 0.2) is 0 Å². The Kier molecular flexibility index (Phi) is 6.11. The third kappa shape index (κ3) is 4.74. The van der Waals surface area contributed by atoms with Crippen LogP contribution in [0.25, 0.3) is 10.2 Å². The molecule has 0 fully saturated rings. The van der Waals surface area contributed by atoms with Gasteiger partial charge in [0, 0.05) is 23.2 Å². The number of thioether (sulfide) groups is 1. The van der Waals surface area contributed by atoms with E-state index < -0.39 is 0 Å². The first kappa shape index (κ1) is 18.7. The van der Waals surface area contributed by atoms with Crippen LogP contribution < -0.4 is 10.9 Å². The Morgan fingerprint density at radius 2 is 2.04 bits per heavy atom. The Morgan fingerprint density at radius 1 is 1.27 bits per heavy atom. The van der Waals surface area contributed by atoms with E-state index in [1.165, 1.54) is 20.8 Å². The summed E-state index contributed by atoms with van der Waals surface area (Å²) in [6.45, 7) is 5.12. The standard InChI is InChI=1S/C19H21N3O2S2/c1-13(2)26-15-5-3-14(4-6-15)11-17(23)20-8-9-22-12-21-18-16(19(22)24)7-10-25-18/h3-7,10,12-13H,8-9,11H2,1-2H3,(H,20,23). The highest BCUT2D eigenvalue weighted by atomic mass is 32.2. The molecule has 7 heteroatoms. The summed E-state index contributed by atoms with van der Waals surface area (Å²) in [6, 6.07) is 9.86. The summed E-state index contributed by atoms with van der Waals surface area (Å²) in [5, 5.41) is 5.89. The van der Waals surface area contributed by atoms with Crippen molar-refractivity contribution < 1.29 is 4.79 Å². The average Bonchev–Trinajstić information content (AvgIpc) is 3.08. The van der Waals surface area contributed by atoms with Crippen LogP contribution in [0.4, 0.5) is 0 Å². The monoisotopic (exact) mass is 387 g/mol. The van der Waals surface area contributed by atoms with E-state index in [1.54, 1.807) is 24.2 Å². The normalized spacial score (nSPS) is 11.2. The molecule has 2 heterocycles. The molecule has 2 aromatic heterocycles. The number of nitrogens with zero attached hydrogens (tertiary/aromatic N) is 2. The molecule has 0 aliphatic carbocycles. The van der Waals surface area contributed by atoms with Crippen molar-refractivity contribution in [2.45, 2.75) is 37.0 Å². The molecule has 0 bridgehead atoms. The Morgan fingerprint density at radius 3 is 2.77 bits per heavy atom. The summed E-state index contributed by atoms with van der Waals surface area (Å²) in [5.74, 6) is -0.0492. The molecule has 0 radical (unpaired) electrons. The third-order valence-corrected chi connectivity index (χ3v) is 5.62. The van der Waals surface area contributed by atoms with E-state index in [-0.39, 0.29) is 11.5 Å². The largest absolute Gasteiger partial charge is 0.354 e. The summed E-state index contributed by atoms with van der Waals surface area (Å²) < 4.78 is 1.53. The molecule has 0 unspecified atom stereocenters. The zero-order chi connectivity index (χ0) is 18.5. The minimum atomic E-state index is -0.0660. The first-order valence-corrected chi connectivity index (χ1v) is 10.2. The van der Waals surface area contributed by atoms with Crippen LogP contribution >= 0.6 is 23.1 Å². The van der Waals surface area contributed by atoms with Gasteiger partial charge in [0.2, 0.25) is 5.91 Å². The molecular formula is C19H21N3O2S2. The quantitative estimate of drug-likeness (QED) is 0.632. The number of rotatable bonds is 7. The third-order valence-electron chi connectivity index (χ3n) is 3.79. The molecule has 5 nitrogen and oxygen atoms in total. The van der Waals surface area contributed by atoms with E-state index in [2.05, 4.69) is 36.3 Å². The van der Waals surface area contributed by atoms with Crippen LogP contribution in [0.15, 0.2) is 51.7 Å². The molecular weight excluding hydrogens is 366 g/mol. The van der Waals surface area contributed by atoms with Crippen LogP contribution in [0.5, 0.6) is 0 Å². The highest BCUT2D eigenvalue weighted by molar-refractivity contribution is 7.99. The van der Waals surface area contributed by atoms with Gasteiger partial charge >= 0.3 is 0 Å². The van der Waals surface area contributed by atoms with Crippen molar-refractivity contribution in [2.75, 3.05) is 6.54 Å². The topological polar surface area (TPSA) is 64.0 Å². The molecule has 1 amide bonds. The maximum absolute atomic E-state index is 12.3. The summed E-state index contributed by atoms with van der Waals surface area (Å²) >= 11 is 3.25. The fourth-order valence-corrected chi connectivity index (χ4v) is 4.14. The zero-order valence-corrected chi connectivity index (χ0v) is 16.4. The van der Waals surface area contributed by atoms with Crippen LogP contribution in [-0.4, -0.2) is 27.3 Å². The van der Waals surface area contributed by atoms with Crippen LogP contribution in [0.2, 0.25) is 0 Å². The lowest BCUT2D eigenvalue weighted by atomic mass is 10.1. The second-order valence-electron chi connectivity index (χ2n) is 6.22. The molecule has 0 atom stereocenters. The molecule has 1 N–H and O–H groups in total. The number of fused-ring (bicyclic) bond motifs is 1. The van der Waals surface area contributed by atoms with Gasteiger partial charge in [-0.2, -0.15) is 0 Å². The van der Waals surface area contributed by atoms with Gasteiger partial charge in [0.1, 0.15) is 4.83 Å². The molecule has 1 aromatic carbocycles. The predicted octanol–water partition coefficient (Wildman–Crippen LogP) is 3.32. The Hall–Kier alpha value is -2.12.